The number of halogens is 1. The smallest absolute Gasteiger partial charge is 0.269 e. The molecule has 2 aromatic carbocycles. The lowest BCUT2D eigenvalue weighted by Crippen LogP contribution is -2.23. The van der Waals surface area contributed by atoms with E-state index in [1.807, 2.05) is 24.3 Å². The minimum absolute atomic E-state index is 0. The van der Waals surface area contributed by atoms with Gasteiger partial charge in [0.2, 0.25) is 0 Å². The Morgan fingerprint density at radius 2 is 1.97 bits per heavy atom. The van der Waals surface area contributed by atoms with Crippen LogP contribution in [0.2, 0.25) is 0 Å². The van der Waals surface area contributed by atoms with Crippen molar-refractivity contribution in [2.24, 2.45) is 5.73 Å². The average Bonchev–Trinajstić information content (AvgIpc) is 3.15. The molecule has 1 aliphatic heterocycles. The summed E-state index contributed by atoms with van der Waals surface area (Å²) in [5.74, 6) is -1.10. The number of amides is 2. The first-order chi connectivity index (χ1) is 14.8. The lowest BCUT2D eigenvalue weighted by molar-refractivity contribution is 0.0948. The van der Waals surface area contributed by atoms with Crippen LogP contribution in [0.25, 0.3) is 5.69 Å². The molecule has 0 aliphatic carbocycles. The van der Waals surface area contributed by atoms with Gasteiger partial charge in [-0.15, -0.1) is 0 Å². The third-order valence-electron chi connectivity index (χ3n) is 5.57. The predicted octanol–water partition coefficient (Wildman–Crippen LogP) is 3.90. The molecule has 0 spiro atoms. The summed E-state index contributed by atoms with van der Waals surface area (Å²) in [7, 11) is 0. The van der Waals surface area contributed by atoms with Crippen molar-refractivity contribution in [3.63, 3.8) is 0 Å². The second kappa shape index (κ2) is 9.21. The number of aromatic nitrogens is 2. The summed E-state index contributed by atoms with van der Waals surface area (Å²) in [6, 6.07) is 11.5. The number of anilines is 1. The summed E-state index contributed by atoms with van der Waals surface area (Å²) in [4.78, 5) is 24.5. The van der Waals surface area contributed by atoms with Crippen LogP contribution in [-0.4, -0.2) is 28.1 Å². The summed E-state index contributed by atoms with van der Waals surface area (Å²) in [6.07, 6.45) is 0.936. The molecule has 1 aliphatic rings. The SMILES string of the molecule is C.Cc1ccc(F)cc1C(=O)NCc1ccc(-n2nc3c(c2C(N)=O)NCCC3C)cc1. The van der Waals surface area contributed by atoms with E-state index in [0.717, 1.165) is 24.2 Å². The number of aryl methyl sites for hydroxylation is 1. The van der Waals surface area contributed by atoms with Crippen molar-refractivity contribution >= 4 is 17.5 Å². The number of hydrogen-bond acceptors (Lipinski definition) is 4. The number of carbonyl (C=O) groups excluding carboxylic acids is 2. The number of nitrogens with two attached hydrogens (primary N) is 1. The molecule has 7 nitrogen and oxygen atoms in total. The third-order valence-corrected chi connectivity index (χ3v) is 5.57. The Morgan fingerprint density at radius 1 is 1.25 bits per heavy atom. The Hall–Kier alpha value is -3.68. The fourth-order valence-electron chi connectivity index (χ4n) is 3.79. The van der Waals surface area contributed by atoms with E-state index in [-0.39, 0.29) is 25.8 Å². The standard InChI is InChI=1S/C23H24FN5O2.CH4/c1-13-3-6-16(24)11-18(13)23(31)27-12-15-4-7-17(8-5-15)29-21(22(25)30)20-19(28-29)14(2)9-10-26-20;/h3-8,11,14,26H,9-10,12H2,1-2H3,(H2,25,30)(H,27,31);1H4. The number of primary amides is 1. The van der Waals surface area contributed by atoms with Gasteiger partial charge in [0.25, 0.3) is 11.8 Å². The van der Waals surface area contributed by atoms with E-state index < -0.39 is 11.7 Å². The van der Waals surface area contributed by atoms with Gasteiger partial charge in [0, 0.05) is 24.6 Å². The molecule has 168 valence electrons. The zero-order valence-corrected chi connectivity index (χ0v) is 17.4. The number of carbonyl (C=O) groups is 2. The molecule has 3 aromatic rings. The van der Waals surface area contributed by atoms with Gasteiger partial charge in [-0.2, -0.15) is 5.10 Å². The quantitative estimate of drug-likeness (QED) is 0.563. The van der Waals surface area contributed by atoms with Gasteiger partial charge in [-0.3, -0.25) is 9.59 Å². The van der Waals surface area contributed by atoms with Gasteiger partial charge in [-0.05, 0) is 48.7 Å². The van der Waals surface area contributed by atoms with Gasteiger partial charge in [0.1, 0.15) is 5.82 Å². The number of rotatable bonds is 5. The second-order valence-corrected chi connectivity index (χ2v) is 7.81. The lowest BCUT2D eigenvalue weighted by atomic mass is 9.98. The highest BCUT2D eigenvalue weighted by Gasteiger charge is 2.28. The number of benzene rings is 2. The molecule has 8 heteroatoms. The van der Waals surface area contributed by atoms with Crippen LogP contribution in [0.1, 0.15) is 64.4 Å². The topological polar surface area (TPSA) is 102 Å². The molecule has 0 radical (unpaired) electrons. The van der Waals surface area contributed by atoms with Crippen LogP contribution in [0.5, 0.6) is 0 Å². The van der Waals surface area contributed by atoms with E-state index in [9.17, 15) is 14.0 Å². The summed E-state index contributed by atoms with van der Waals surface area (Å²) in [6.45, 7) is 4.89. The van der Waals surface area contributed by atoms with Crippen molar-refractivity contribution in [2.45, 2.75) is 40.2 Å². The van der Waals surface area contributed by atoms with E-state index in [1.165, 1.54) is 12.1 Å². The van der Waals surface area contributed by atoms with Gasteiger partial charge in [0.05, 0.1) is 17.1 Å². The number of nitrogens with one attached hydrogen (secondary N) is 2. The first-order valence-electron chi connectivity index (χ1n) is 10.2. The molecular weight excluding hydrogens is 409 g/mol. The van der Waals surface area contributed by atoms with E-state index in [2.05, 4.69) is 22.7 Å². The van der Waals surface area contributed by atoms with Gasteiger partial charge in [0.15, 0.2) is 5.69 Å². The number of fused-ring (bicyclic) bond motifs is 1. The molecule has 1 atom stereocenters. The molecular formula is C24H28FN5O2. The molecule has 2 heterocycles. The van der Waals surface area contributed by atoms with E-state index in [0.29, 0.717) is 28.2 Å². The fourth-order valence-corrected chi connectivity index (χ4v) is 3.79. The normalized spacial score (nSPS) is 14.7. The molecule has 4 N–H and O–H groups in total. The van der Waals surface area contributed by atoms with Crippen LogP contribution in [0, 0.1) is 12.7 Å². The molecule has 1 aromatic heterocycles. The molecule has 32 heavy (non-hydrogen) atoms. The minimum atomic E-state index is -0.544. The van der Waals surface area contributed by atoms with Crippen LogP contribution < -0.4 is 16.4 Å². The van der Waals surface area contributed by atoms with Gasteiger partial charge >= 0.3 is 0 Å². The first-order valence-corrected chi connectivity index (χ1v) is 10.2. The fraction of sp³-hybridized carbons (Fsp3) is 0.292. The second-order valence-electron chi connectivity index (χ2n) is 7.81. The van der Waals surface area contributed by atoms with E-state index in [1.54, 1.807) is 17.7 Å². The van der Waals surface area contributed by atoms with Crippen LogP contribution in [-0.2, 0) is 6.54 Å². The Balaban J connectivity index is 0.00000289. The summed E-state index contributed by atoms with van der Waals surface area (Å²) >= 11 is 0. The van der Waals surface area contributed by atoms with E-state index in [4.69, 9.17) is 5.73 Å². The highest BCUT2D eigenvalue weighted by Crippen LogP contribution is 2.34. The van der Waals surface area contributed by atoms with Crippen molar-refractivity contribution in [3.05, 3.63) is 76.4 Å². The van der Waals surface area contributed by atoms with Crippen molar-refractivity contribution in [2.75, 3.05) is 11.9 Å². The Kier molecular flexibility index (Phi) is 6.62. The van der Waals surface area contributed by atoms with Crippen LogP contribution in [0.3, 0.4) is 0 Å². The van der Waals surface area contributed by atoms with Crippen molar-refractivity contribution < 1.29 is 14.0 Å². The van der Waals surface area contributed by atoms with Crippen molar-refractivity contribution in [3.8, 4) is 5.69 Å². The van der Waals surface area contributed by atoms with Crippen molar-refractivity contribution in [1.29, 1.82) is 0 Å². The monoisotopic (exact) mass is 437 g/mol. The molecule has 0 bridgehead atoms. The predicted molar refractivity (Wildman–Crippen MR) is 123 cm³/mol. The van der Waals surface area contributed by atoms with Crippen LogP contribution in [0.4, 0.5) is 10.1 Å². The largest absolute Gasteiger partial charge is 0.382 e. The Morgan fingerprint density at radius 3 is 2.66 bits per heavy atom. The molecule has 0 saturated heterocycles. The number of hydrogen-bond donors (Lipinski definition) is 3. The molecule has 0 saturated carbocycles. The van der Waals surface area contributed by atoms with Crippen molar-refractivity contribution in [1.82, 2.24) is 15.1 Å². The molecule has 0 fully saturated rings. The van der Waals surface area contributed by atoms with Crippen LogP contribution >= 0.6 is 0 Å². The maximum atomic E-state index is 13.4. The highest BCUT2D eigenvalue weighted by molar-refractivity contribution is 5.98. The zero-order chi connectivity index (χ0) is 22.1. The molecule has 4 rings (SSSR count). The number of nitrogens with zero attached hydrogens (tertiary/aromatic N) is 2. The summed E-state index contributed by atoms with van der Waals surface area (Å²) in [5.41, 5.74) is 10.1. The van der Waals surface area contributed by atoms with Crippen LogP contribution in [0.15, 0.2) is 42.5 Å². The third kappa shape index (κ3) is 4.34. The lowest BCUT2D eigenvalue weighted by Gasteiger charge is -2.18. The Labute approximate surface area is 186 Å². The molecule has 1 unspecified atom stereocenters. The highest BCUT2D eigenvalue weighted by atomic mass is 19.1. The first kappa shape index (κ1) is 23.0. The Bertz CT molecular complexity index is 1150. The zero-order valence-electron chi connectivity index (χ0n) is 17.4. The van der Waals surface area contributed by atoms with Gasteiger partial charge < -0.3 is 16.4 Å². The summed E-state index contributed by atoms with van der Waals surface area (Å²) < 4.78 is 15.0. The average molecular weight is 438 g/mol. The van der Waals surface area contributed by atoms with Gasteiger partial charge in [-0.25, -0.2) is 9.07 Å². The summed E-state index contributed by atoms with van der Waals surface area (Å²) in [5, 5.41) is 10.7. The van der Waals surface area contributed by atoms with Gasteiger partial charge in [-0.1, -0.05) is 32.5 Å². The maximum Gasteiger partial charge on any atom is 0.269 e. The molecule has 2 amide bonds. The minimum Gasteiger partial charge on any atom is -0.382 e. The maximum absolute atomic E-state index is 13.4. The van der Waals surface area contributed by atoms with E-state index >= 15 is 0 Å².